The van der Waals surface area contributed by atoms with Crippen LogP contribution in [-0.4, -0.2) is 35.8 Å². The smallest absolute Gasteiger partial charge is 0.317 e. The largest absolute Gasteiger partial charge is 0.390 e. The van der Waals surface area contributed by atoms with E-state index in [0.29, 0.717) is 24.2 Å². The van der Waals surface area contributed by atoms with Gasteiger partial charge in [0.15, 0.2) is 6.10 Å². The zero-order valence-electron chi connectivity index (χ0n) is 15.0. The number of halogens is 2. The molecule has 1 atom stereocenters. The average Bonchev–Trinajstić information content (AvgIpc) is 3.12. The van der Waals surface area contributed by atoms with Crippen molar-refractivity contribution in [3.63, 3.8) is 0 Å². The summed E-state index contributed by atoms with van der Waals surface area (Å²) in [5.41, 5.74) is 1.90. The Morgan fingerprint density at radius 3 is 2.67 bits per heavy atom. The number of nitrogens with one attached hydrogen (secondary N) is 1. The summed E-state index contributed by atoms with van der Waals surface area (Å²) in [5.74, 6) is -0.676. The van der Waals surface area contributed by atoms with E-state index in [-0.39, 0.29) is 36.9 Å². The van der Waals surface area contributed by atoms with Gasteiger partial charge in [-0.05, 0) is 30.7 Å². The highest BCUT2D eigenvalue weighted by molar-refractivity contribution is 6.01. The molecule has 2 aromatic rings. The maximum atomic E-state index is 14.0. The van der Waals surface area contributed by atoms with Crippen molar-refractivity contribution in [2.45, 2.75) is 26.0 Å². The van der Waals surface area contributed by atoms with E-state index in [1.807, 2.05) is 6.92 Å². The van der Waals surface area contributed by atoms with E-state index in [1.165, 1.54) is 23.1 Å². The summed E-state index contributed by atoms with van der Waals surface area (Å²) in [6, 6.07) is 12.1. The van der Waals surface area contributed by atoms with Crippen LogP contribution >= 0.6 is 0 Å². The third-order valence-electron chi connectivity index (χ3n) is 4.27. The lowest BCUT2D eigenvalue weighted by Crippen LogP contribution is -2.43. The minimum Gasteiger partial charge on any atom is -0.390 e. The van der Waals surface area contributed by atoms with Gasteiger partial charge in [-0.15, -0.1) is 0 Å². The number of amides is 2. The van der Waals surface area contributed by atoms with Crippen LogP contribution in [0.2, 0.25) is 0 Å². The number of benzene rings is 2. The molecule has 2 amide bonds. The average molecular weight is 373 g/mol. The molecule has 2 aromatic carbocycles. The molecule has 5 nitrogen and oxygen atoms in total. The first-order valence-electron chi connectivity index (χ1n) is 8.81. The van der Waals surface area contributed by atoms with Crippen molar-refractivity contribution in [3.05, 3.63) is 71.3 Å². The molecule has 27 heavy (non-hydrogen) atoms. The van der Waals surface area contributed by atoms with Crippen LogP contribution in [0.1, 0.15) is 24.5 Å². The third kappa shape index (κ3) is 4.81. The second-order valence-electron chi connectivity index (χ2n) is 6.28. The lowest BCUT2D eigenvalue weighted by Gasteiger charge is -2.25. The maximum Gasteiger partial charge on any atom is 0.317 e. The van der Waals surface area contributed by atoms with E-state index in [1.54, 1.807) is 30.3 Å². The minimum atomic E-state index is -0.359. The van der Waals surface area contributed by atoms with Crippen LogP contribution in [0.3, 0.4) is 0 Å². The summed E-state index contributed by atoms with van der Waals surface area (Å²) < 4.78 is 27.1. The molecule has 1 heterocycles. The van der Waals surface area contributed by atoms with Crippen molar-refractivity contribution >= 4 is 11.7 Å². The molecule has 142 valence electrons. The van der Waals surface area contributed by atoms with E-state index >= 15 is 0 Å². The Labute approximate surface area is 156 Å². The Bertz CT molecular complexity index is 824. The zero-order valence-corrected chi connectivity index (χ0v) is 15.0. The summed E-state index contributed by atoms with van der Waals surface area (Å²) in [7, 11) is 0. The molecule has 1 aliphatic heterocycles. The van der Waals surface area contributed by atoms with Gasteiger partial charge in [0.2, 0.25) is 0 Å². The van der Waals surface area contributed by atoms with Gasteiger partial charge >= 0.3 is 6.03 Å². The number of oxime groups is 1. The van der Waals surface area contributed by atoms with Gasteiger partial charge in [0.05, 0.1) is 18.8 Å². The van der Waals surface area contributed by atoms with Crippen LogP contribution in [0.25, 0.3) is 0 Å². The predicted molar refractivity (Wildman–Crippen MR) is 98.3 cm³/mol. The van der Waals surface area contributed by atoms with E-state index in [0.717, 1.165) is 5.56 Å². The molecule has 1 aliphatic rings. The lowest BCUT2D eigenvalue weighted by molar-refractivity contribution is 0.0588. The molecule has 0 fully saturated rings. The number of carbonyl (C=O) groups is 1. The van der Waals surface area contributed by atoms with Gasteiger partial charge in [0.1, 0.15) is 11.6 Å². The first-order chi connectivity index (χ1) is 13.1. The van der Waals surface area contributed by atoms with Crippen LogP contribution in [0.15, 0.2) is 53.7 Å². The van der Waals surface area contributed by atoms with Gasteiger partial charge in [-0.3, -0.25) is 0 Å². The number of hydrogen-bond donors (Lipinski definition) is 1. The maximum absolute atomic E-state index is 14.0. The molecular weight excluding hydrogens is 352 g/mol. The normalized spacial score (nSPS) is 15.8. The Kier molecular flexibility index (Phi) is 6.01. The fraction of sp³-hybridized carbons (Fsp3) is 0.300. The molecule has 1 unspecified atom stereocenters. The van der Waals surface area contributed by atoms with Gasteiger partial charge in [0.25, 0.3) is 0 Å². The second kappa shape index (κ2) is 8.62. The molecule has 0 aliphatic carbocycles. The van der Waals surface area contributed by atoms with E-state index < -0.39 is 0 Å². The van der Waals surface area contributed by atoms with Crippen LogP contribution < -0.4 is 5.32 Å². The van der Waals surface area contributed by atoms with Crippen molar-refractivity contribution in [2.75, 3.05) is 13.1 Å². The van der Waals surface area contributed by atoms with E-state index in [2.05, 4.69) is 10.5 Å². The Morgan fingerprint density at radius 2 is 1.96 bits per heavy atom. The quantitative estimate of drug-likeness (QED) is 0.840. The summed E-state index contributed by atoms with van der Waals surface area (Å²) in [5, 5.41) is 6.80. The standard InChI is InChI=1S/C20H21F2N3O2/c1-2-23-20(26)25(12-15-5-3-4-6-18(15)22)13-17-11-19(24-27-17)14-7-9-16(21)10-8-14/h3-10,17H,2,11-13H2,1H3,(H,23,26). The van der Waals surface area contributed by atoms with Crippen molar-refractivity contribution < 1.29 is 18.4 Å². The van der Waals surface area contributed by atoms with Crippen LogP contribution in [0.5, 0.6) is 0 Å². The molecule has 0 radical (unpaired) electrons. The number of hydrogen-bond acceptors (Lipinski definition) is 3. The molecule has 3 rings (SSSR count). The fourth-order valence-electron chi connectivity index (χ4n) is 2.90. The van der Waals surface area contributed by atoms with Crippen LogP contribution in [0.4, 0.5) is 13.6 Å². The number of nitrogens with zero attached hydrogens (tertiary/aromatic N) is 2. The number of rotatable bonds is 6. The molecular formula is C20H21F2N3O2. The second-order valence-corrected chi connectivity index (χ2v) is 6.28. The van der Waals surface area contributed by atoms with Gasteiger partial charge < -0.3 is 15.1 Å². The lowest BCUT2D eigenvalue weighted by atomic mass is 10.0. The van der Waals surface area contributed by atoms with Crippen molar-refractivity contribution in [1.82, 2.24) is 10.2 Å². The van der Waals surface area contributed by atoms with Crippen molar-refractivity contribution in [2.24, 2.45) is 5.16 Å². The summed E-state index contributed by atoms with van der Waals surface area (Å²) in [4.78, 5) is 19.4. The third-order valence-corrected chi connectivity index (χ3v) is 4.27. The van der Waals surface area contributed by atoms with Crippen LogP contribution in [-0.2, 0) is 11.4 Å². The first-order valence-corrected chi connectivity index (χ1v) is 8.81. The minimum absolute atomic E-state index is 0.129. The SMILES string of the molecule is CCNC(=O)N(Cc1ccccc1F)CC1CC(c2ccc(F)cc2)=NO1. The van der Waals surface area contributed by atoms with Gasteiger partial charge in [-0.2, -0.15) is 0 Å². The van der Waals surface area contributed by atoms with Gasteiger partial charge in [-0.1, -0.05) is 35.5 Å². The zero-order chi connectivity index (χ0) is 19.2. The highest BCUT2D eigenvalue weighted by Gasteiger charge is 2.27. The first kappa shape index (κ1) is 18.8. The highest BCUT2D eigenvalue weighted by Crippen LogP contribution is 2.19. The molecule has 0 saturated heterocycles. The topological polar surface area (TPSA) is 53.9 Å². The van der Waals surface area contributed by atoms with Gasteiger partial charge in [-0.25, -0.2) is 13.6 Å². The summed E-state index contributed by atoms with van der Waals surface area (Å²) >= 11 is 0. The monoisotopic (exact) mass is 373 g/mol. The molecule has 0 spiro atoms. The number of carbonyl (C=O) groups excluding carboxylic acids is 1. The molecule has 0 saturated carbocycles. The molecule has 1 N–H and O–H groups in total. The highest BCUT2D eigenvalue weighted by atomic mass is 19.1. The number of urea groups is 1. The molecule has 0 bridgehead atoms. The summed E-state index contributed by atoms with van der Waals surface area (Å²) in [6.07, 6.45) is 0.137. The Balaban J connectivity index is 1.67. The van der Waals surface area contributed by atoms with E-state index in [4.69, 9.17) is 4.84 Å². The summed E-state index contributed by atoms with van der Waals surface area (Å²) in [6.45, 7) is 2.68. The molecule has 0 aromatic heterocycles. The van der Waals surface area contributed by atoms with Crippen molar-refractivity contribution in [3.8, 4) is 0 Å². The Morgan fingerprint density at radius 1 is 1.22 bits per heavy atom. The van der Waals surface area contributed by atoms with Crippen LogP contribution in [0, 0.1) is 11.6 Å². The fourth-order valence-corrected chi connectivity index (χ4v) is 2.90. The van der Waals surface area contributed by atoms with Gasteiger partial charge in [0, 0.05) is 18.5 Å². The predicted octanol–water partition coefficient (Wildman–Crippen LogP) is 3.69. The molecule has 7 heteroatoms. The van der Waals surface area contributed by atoms with Crippen molar-refractivity contribution in [1.29, 1.82) is 0 Å². The van der Waals surface area contributed by atoms with E-state index in [9.17, 15) is 13.6 Å². The Hall–Kier alpha value is -2.96.